The lowest BCUT2D eigenvalue weighted by atomic mass is 9.84. The summed E-state index contributed by atoms with van der Waals surface area (Å²) in [5.41, 5.74) is 2.94. The second-order valence-electron chi connectivity index (χ2n) is 10.3. The number of allylic oxidation sites excluding steroid dienone is 4. The summed E-state index contributed by atoms with van der Waals surface area (Å²) in [5, 5.41) is 3.99. The maximum atomic E-state index is 9.43. The summed E-state index contributed by atoms with van der Waals surface area (Å²) in [4.78, 5) is 0. The van der Waals surface area contributed by atoms with Crippen molar-refractivity contribution in [1.29, 1.82) is 0 Å². The topological polar surface area (TPSA) is 13.1 Å². The molecule has 8 aromatic rings. The van der Waals surface area contributed by atoms with Gasteiger partial charge in [0.05, 0.1) is 17.8 Å². The zero-order chi connectivity index (χ0) is 41.3. The largest absolute Gasteiger partial charge is 0.456 e. The first-order valence-corrected chi connectivity index (χ1v) is 14.2. The number of hydrogen-bond donors (Lipinski definition) is 0. The van der Waals surface area contributed by atoms with E-state index in [-0.39, 0.29) is 40.9 Å². The lowest BCUT2D eigenvalue weighted by Gasteiger charge is -2.19. The highest BCUT2D eigenvalue weighted by Gasteiger charge is 2.21. The van der Waals surface area contributed by atoms with Crippen LogP contribution in [-0.4, -0.2) is 0 Å². The Morgan fingerprint density at radius 2 is 1.27 bits per heavy atom. The maximum Gasteiger partial charge on any atom is 0.136 e. The molecule has 0 saturated heterocycles. The van der Waals surface area contributed by atoms with Crippen LogP contribution in [0.3, 0.4) is 0 Å². The molecule has 0 aliphatic rings. The Balaban J connectivity index is 1.52. The molecule has 0 aliphatic carbocycles. The van der Waals surface area contributed by atoms with Gasteiger partial charge >= 0.3 is 0 Å². The van der Waals surface area contributed by atoms with Crippen molar-refractivity contribution in [2.75, 3.05) is 0 Å². The summed E-state index contributed by atoms with van der Waals surface area (Å²) in [5.74, 6) is 0. The van der Waals surface area contributed by atoms with E-state index in [2.05, 4.69) is 0 Å². The van der Waals surface area contributed by atoms with Gasteiger partial charge in [-0.3, -0.25) is 0 Å². The maximum absolute atomic E-state index is 9.43. The van der Waals surface area contributed by atoms with Crippen molar-refractivity contribution in [2.45, 2.75) is 0 Å². The molecule has 1 aromatic heterocycles. The van der Waals surface area contributed by atoms with Crippen LogP contribution in [0.4, 0.5) is 0 Å². The van der Waals surface area contributed by atoms with E-state index in [0.717, 1.165) is 24.1 Å². The number of benzene rings is 7. The number of hydrogen-bond acceptors (Lipinski definition) is 1. The minimum absolute atomic E-state index is 0.00396. The monoisotopic (exact) mass is 587 g/mol. The van der Waals surface area contributed by atoms with E-state index in [0.29, 0.717) is 60.4 Å². The molecule has 1 nitrogen and oxygen atoms in total. The quantitative estimate of drug-likeness (QED) is 0.139. The van der Waals surface area contributed by atoms with Crippen molar-refractivity contribution in [1.82, 2.24) is 0 Å². The summed E-state index contributed by atoms with van der Waals surface area (Å²) < 4.78 is 117. The SMILES string of the molecule is [2H]C=C/C([2H])=C([2H])\C([2H])=C\c1c([2H])c([2H])c([2H])c(-c2c3ccccc3c(-c3cc(-c4c([2H])c([2H])c([2H])c([2H])c4[2H])cc4oc5ccccc5c34)c3ccccc23)c1[2H]. The third-order valence-corrected chi connectivity index (χ3v) is 7.81. The number of furan rings is 1. The van der Waals surface area contributed by atoms with Gasteiger partial charge < -0.3 is 4.42 Å². The summed E-state index contributed by atoms with van der Waals surface area (Å²) in [6.07, 6.45) is 2.10. The fourth-order valence-corrected chi connectivity index (χ4v) is 6.03. The predicted octanol–water partition coefficient (Wildman–Crippen LogP) is 12.6. The normalized spacial score (nSPS) is 16.9. The molecular weight excluding hydrogens is 544 g/mol. The smallest absolute Gasteiger partial charge is 0.136 e. The summed E-state index contributed by atoms with van der Waals surface area (Å²) >= 11 is 0. The van der Waals surface area contributed by atoms with Crippen LogP contribution in [0, 0.1) is 0 Å². The van der Waals surface area contributed by atoms with E-state index in [1.165, 1.54) is 0 Å². The average Bonchev–Trinajstić information content (AvgIpc) is 3.61. The van der Waals surface area contributed by atoms with Gasteiger partial charge in [0.1, 0.15) is 11.2 Å². The Morgan fingerprint density at radius 3 is 2.00 bits per heavy atom. The fraction of sp³-hybridized carbons (Fsp3) is 0. The van der Waals surface area contributed by atoms with E-state index >= 15 is 0 Å². The summed E-state index contributed by atoms with van der Waals surface area (Å²) in [6, 6.07) is 20.3. The average molecular weight is 588 g/mol. The molecule has 1 heteroatoms. The van der Waals surface area contributed by atoms with Crippen molar-refractivity contribution in [3.63, 3.8) is 0 Å². The fourth-order valence-electron chi connectivity index (χ4n) is 6.03. The molecule has 0 saturated carbocycles. The van der Waals surface area contributed by atoms with Gasteiger partial charge in [-0.1, -0.05) is 152 Å². The molecule has 0 bridgehead atoms. The van der Waals surface area contributed by atoms with Gasteiger partial charge in [-0.2, -0.15) is 0 Å². The molecule has 0 atom stereocenters. The van der Waals surface area contributed by atoms with Crippen LogP contribution in [0.1, 0.15) is 23.4 Å². The molecule has 0 fully saturated rings. The predicted molar refractivity (Wildman–Crippen MR) is 193 cm³/mol. The van der Waals surface area contributed by atoms with Gasteiger partial charge in [0.25, 0.3) is 0 Å². The van der Waals surface area contributed by atoms with Crippen molar-refractivity contribution >= 4 is 49.6 Å². The van der Waals surface area contributed by atoms with Crippen molar-refractivity contribution < 1.29 is 22.2 Å². The Bertz CT molecular complexity index is 3070. The lowest BCUT2D eigenvalue weighted by Crippen LogP contribution is -1.92. The van der Waals surface area contributed by atoms with Gasteiger partial charge in [-0.15, -0.1) is 0 Å². The number of para-hydroxylation sites is 1. The minimum Gasteiger partial charge on any atom is -0.456 e. The Labute approximate surface area is 281 Å². The van der Waals surface area contributed by atoms with Crippen LogP contribution in [0.5, 0.6) is 0 Å². The molecule has 0 radical (unpaired) electrons. The molecule has 8 rings (SSSR count). The van der Waals surface area contributed by atoms with Gasteiger partial charge in [0, 0.05) is 10.8 Å². The first-order chi connectivity index (χ1) is 27.8. The van der Waals surface area contributed by atoms with Gasteiger partial charge in [0.15, 0.2) is 0 Å². The van der Waals surface area contributed by atoms with Crippen LogP contribution in [0.25, 0.3) is 82.9 Å². The molecular formula is C44H30O. The Hall–Kier alpha value is -5.92. The molecule has 212 valence electrons. The molecule has 0 amide bonds. The van der Waals surface area contributed by atoms with Gasteiger partial charge in [-0.05, 0) is 84.7 Å². The van der Waals surface area contributed by atoms with E-state index in [9.17, 15) is 1.37 Å². The first-order valence-electron chi connectivity index (χ1n) is 20.8. The molecule has 0 unspecified atom stereocenters. The summed E-state index contributed by atoms with van der Waals surface area (Å²) in [6.45, 7) is 0.816. The van der Waals surface area contributed by atoms with Crippen molar-refractivity contribution in [3.05, 3.63) is 176 Å². The zero-order valence-electron chi connectivity index (χ0n) is 36.7. The standard InChI is InChI=1S/C44H30O/c1-2-3-4-6-16-30-17-15-20-32(27-30)42-34-21-9-11-23-36(34)43(37-24-12-10-22-35(37)42)39-28-33(31-18-7-5-8-19-31)29-41-44(39)38-25-13-14-26-40(38)45-41/h2-29H,1H2/b4-3-,16-6+/i1D,3D,4D,5D,6D,7D,8D,15D,17D,18D,19D,20D,27D/b2-1?,4-3-,16-6+. The van der Waals surface area contributed by atoms with E-state index < -0.39 is 48.4 Å². The second-order valence-corrected chi connectivity index (χ2v) is 10.3. The highest BCUT2D eigenvalue weighted by molar-refractivity contribution is 6.26. The van der Waals surface area contributed by atoms with Crippen LogP contribution in [0.2, 0.25) is 0 Å². The second kappa shape index (κ2) is 11.3. The first kappa shape index (κ1) is 16.2. The van der Waals surface area contributed by atoms with E-state index in [4.69, 9.17) is 20.9 Å². The van der Waals surface area contributed by atoms with Crippen LogP contribution in [0.15, 0.2) is 175 Å². The van der Waals surface area contributed by atoms with Gasteiger partial charge in [-0.25, -0.2) is 0 Å². The molecule has 1 heterocycles. The molecule has 0 aliphatic heterocycles. The van der Waals surface area contributed by atoms with Crippen molar-refractivity contribution in [2.24, 2.45) is 0 Å². The number of rotatable bonds is 6. The van der Waals surface area contributed by atoms with Crippen LogP contribution < -0.4 is 0 Å². The Morgan fingerprint density at radius 1 is 0.600 bits per heavy atom. The molecule has 7 aromatic carbocycles. The third-order valence-electron chi connectivity index (χ3n) is 7.81. The zero-order valence-corrected chi connectivity index (χ0v) is 23.7. The van der Waals surface area contributed by atoms with E-state index in [1.807, 2.05) is 60.7 Å². The van der Waals surface area contributed by atoms with E-state index in [1.54, 1.807) is 24.3 Å². The van der Waals surface area contributed by atoms with Crippen molar-refractivity contribution in [3.8, 4) is 33.4 Å². The van der Waals surface area contributed by atoms with Crippen LogP contribution in [-0.2, 0) is 0 Å². The molecule has 0 spiro atoms. The number of fused-ring (bicyclic) bond motifs is 5. The van der Waals surface area contributed by atoms with Gasteiger partial charge in [0.2, 0.25) is 0 Å². The highest BCUT2D eigenvalue weighted by atomic mass is 16.3. The summed E-state index contributed by atoms with van der Waals surface area (Å²) in [7, 11) is 0. The lowest BCUT2D eigenvalue weighted by molar-refractivity contribution is 0.669. The molecule has 45 heavy (non-hydrogen) atoms. The highest BCUT2D eigenvalue weighted by Crippen LogP contribution is 2.48. The minimum atomic E-state index is -0.547. The van der Waals surface area contributed by atoms with Crippen LogP contribution >= 0.6 is 0 Å². The molecule has 0 N–H and O–H groups in total. The third kappa shape index (κ3) is 4.67. The Kier molecular flexibility index (Phi) is 4.08.